The van der Waals surface area contributed by atoms with Crippen LogP contribution in [0.2, 0.25) is 0 Å². The van der Waals surface area contributed by atoms with E-state index in [0.717, 1.165) is 12.3 Å². The Bertz CT molecular complexity index is 246. The van der Waals surface area contributed by atoms with Gasteiger partial charge in [0, 0.05) is 11.8 Å². The summed E-state index contributed by atoms with van der Waals surface area (Å²) in [6.45, 7) is 6.73. The van der Waals surface area contributed by atoms with Crippen LogP contribution in [0.3, 0.4) is 0 Å². The molecular formula is C14H24O. The standard InChI is InChI=1S/C14H24O/c1-4-10-5-7-11(8-6-10)13(15)12-9-14(12,2)3/h10-12H,4-9H2,1-3H3. The minimum atomic E-state index is 0.332. The molecule has 86 valence electrons. The van der Waals surface area contributed by atoms with Crippen LogP contribution < -0.4 is 0 Å². The van der Waals surface area contributed by atoms with E-state index in [2.05, 4.69) is 20.8 Å². The van der Waals surface area contributed by atoms with E-state index in [-0.39, 0.29) is 0 Å². The molecular weight excluding hydrogens is 184 g/mol. The van der Waals surface area contributed by atoms with Crippen LogP contribution in [-0.4, -0.2) is 5.78 Å². The number of hydrogen-bond donors (Lipinski definition) is 0. The lowest BCUT2D eigenvalue weighted by atomic mass is 9.77. The van der Waals surface area contributed by atoms with E-state index in [1.54, 1.807) is 0 Å². The van der Waals surface area contributed by atoms with Gasteiger partial charge >= 0.3 is 0 Å². The molecule has 0 spiro atoms. The zero-order valence-electron chi connectivity index (χ0n) is 10.4. The largest absolute Gasteiger partial charge is 0.299 e. The Morgan fingerprint density at radius 2 is 1.73 bits per heavy atom. The maximum absolute atomic E-state index is 12.2. The Balaban J connectivity index is 1.84. The van der Waals surface area contributed by atoms with Gasteiger partial charge in [-0.25, -0.2) is 0 Å². The molecule has 2 rings (SSSR count). The van der Waals surface area contributed by atoms with E-state index in [1.807, 2.05) is 0 Å². The Morgan fingerprint density at radius 3 is 2.13 bits per heavy atom. The number of carbonyl (C=O) groups excluding carboxylic acids is 1. The van der Waals surface area contributed by atoms with Crippen LogP contribution in [0.1, 0.15) is 59.3 Å². The summed E-state index contributed by atoms with van der Waals surface area (Å²) in [5.74, 6) is 2.32. The van der Waals surface area contributed by atoms with E-state index >= 15 is 0 Å². The number of hydrogen-bond acceptors (Lipinski definition) is 1. The van der Waals surface area contributed by atoms with Gasteiger partial charge in [0.25, 0.3) is 0 Å². The number of carbonyl (C=O) groups is 1. The molecule has 0 heterocycles. The second-order valence-corrected chi connectivity index (χ2v) is 6.27. The third kappa shape index (κ3) is 2.26. The number of rotatable bonds is 3. The van der Waals surface area contributed by atoms with Gasteiger partial charge in [-0.05, 0) is 43.4 Å². The quantitative estimate of drug-likeness (QED) is 0.689. The van der Waals surface area contributed by atoms with Gasteiger partial charge in [-0.3, -0.25) is 4.79 Å². The third-order valence-corrected chi connectivity index (χ3v) is 4.68. The number of Topliss-reactive ketones (excluding diaryl/α,β-unsaturated/α-hetero) is 1. The van der Waals surface area contributed by atoms with Gasteiger partial charge in [0.2, 0.25) is 0 Å². The molecule has 2 saturated carbocycles. The van der Waals surface area contributed by atoms with Crippen LogP contribution in [0.5, 0.6) is 0 Å². The first kappa shape index (κ1) is 11.2. The maximum atomic E-state index is 12.2. The molecule has 0 aromatic heterocycles. The van der Waals surface area contributed by atoms with Crippen molar-refractivity contribution in [2.45, 2.75) is 59.3 Å². The van der Waals surface area contributed by atoms with Crippen LogP contribution in [0.15, 0.2) is 0 Å². The van der Waals surface area contributed by atoms with Crippen molar-refractivity contribution in [2.24, 2.45) is 23.2 Å². The molecule has 1 heteroatoms. The van der Waals surface area contributed by atoms with Crippen LogP contribution >= 0.6 is 0 Å². The normalized spacial score (nSPS) is 38.7. The van der Waals surface area contributed by atoms with Crippen molar-refractivity contribution in [1.29, 1.82) is 0 Å². The average molecular weight is 208 g/mol. The summed E-state index contributed by atoms with van der Waals surface area (Å²) < 4.78 is 0. The van der Waals surface area contributed by atoms with E-state index < -0.39 is 0 Å². The van der Waals surface area contributed by atoms with Gasteiger partial charge in [-0.2, -0.15) is 0 Å². The topological polar surface area (TPSA) is 17.1 Å². The molecule has 2 aliphatic carbocycles. The summed E-state index contributed by atoms with van der Waals surface area (Å²) in [6.07, 6.45) is 7.36. The van der Waals surface area contributed by atoms with Crippen molar-refractivity contribution < 1.29 is 4.79 Å². The van der Waals surface area contributed by atoms with Crippen molar-refractivity contribution in [3.63, 3.8) is 0 Å². The molecule has 0 aromatic carbocycles. The van der Waals surface area contributed by atoms with Gasteiger partial charge in [0.1, 0.15) is 5.78 Å². The van der Waals surface area contributed by atoms with E-state index in [1.165, 1.54) is 32.1 Å². The first-order chi connectivity index (χ1) is 7.04. The molecule has 2 aliphatic rings. The lowest BCUT2D eigenvalue weighted by Crippen LogP contribution is -2.24. The predicted octanol–water partition coefficient (Wildman–Crippen LogP) is 3.82. The van der Waals surface area contributed by atoms with Crippen LogP contribution in [0.4, 0.5) is 0 Å². The van der Waals surface area contributed by atoms with Crippen LogP contribution in [0.25, 0.3) is 0 Å². The highest BCUT2D eigenvalue weighted by molar-refractivity contribution is 5.86. The van der Waals surface area contributed by atoms with Gasteiger partial charge in [0.15, 0.2) is 0 Å². The zero-order chi connectivity index (χ0) is 11.1. The SMILES string of the molecule is CCC1CCC(C(=O)C2CC2(C)C)CC1. The maximum Gasteiger partial charge on any atom is 0.139 e. The molecule has 0 bridgehead atoms. The molecule has 0 saturated heterocycles. The second kappa shape index (κ2) is 3.92. The number of ketones is 1. The minimum Gasteiger partial charge on any atom is -0.299 e. The van der Waals surface area contributed by atoms with Crippen LogP contribution in [0, 0.1) is 23.2 Å². The summed E-state index contributed by atoms with van der Waals surface area (Å²) in [7, 11) is 0. The first-order valence-electron chi connectivity index (χ1n) is 6.58. The molecule has 0 radical (unpaired) electrons. The molecule has 1 nitrogen and oxygen atoms in total. The third-order valence-electron chi connectivity index (χ3n) is 4.68. The Kier molecular flexibility index (Phi) is 2.92. The van der Waals surface area contributed by atoms with Crippen molar-refractivity contribution in [1.82, 2.24) is 0 Å². The fourth-order valence-corrected chi connectivity index (χ4v) is 3.09. The van der Waals surface area contributed by atoms with Crippen molar-refractivity contribution in [2.75, 3.05) is 0 Å². The highest BCUT2D eigenvalue weighted by Crippen LogP contribution is 2.54. The molecule has 0 amide bonds. The first-order valence-corrected chi connectivity index (χ1v) is 6.58. The predicted molar refractivity (Wildman–Crippen MR) is 62.6 cm³/mol. The van der Waals surface area contributed by atoms with Crippen molar-refractivity contribution >= 4 is 5.78 Å². The summed E-state index contributed by atoms with van der Waals surface area (Å²) in [6, 6.07) is 0. The highest BCUT2D eigenvalue weighted by Gasteiger charge is 2.51. The smallest absolute Gasteiger partial charge is 0.139 e. The molecule has 0 aliphatic heterocycles. The minimum absolute atomic E-state index is 0.332. The van der Waals surface area contributed by atoms with Crippen molar-refractivity contribution in [3.05, 3.63) is 0 Å². The summed E-state index contributed by atoms with van der Waals surface area (Å²) >= 11 is 0. The van der Waals surface area contributed by atoms with Crippen molar-refractivity contribution in [3.8, 4) is 0 Å². The Hall–Kier alpha value is -0.330. The Labute approximate surface area is 93.6 Å². The lowest BCUT2D eigenvalue weighted by molar-refractivity contribution is -0.126. The fourth-order valence-electron chi connectivity index (χ4n) is 3.09. The van der Waals surface area contributed by atoms with E-state index in [4.69, 9.17) is 0 Å². The van der Waals surface area contributed by atoms with Gasteiger partial charge in [0.05, 0.1) is 0 Å². The summed E-state index contributed by atoms with van der Waals surface area (Å²) in [4.78, 5) is 12.2. The van der Waals surface area contributed by atoms with E-state index in [9.17, 15) is 4.79 Å². The van der Waals surface area contributed by atoms with E-state index in [0.29, 0.717) is 23.0 Å². The molecule has 1 unspecified atom stereocenters. The summed E-state index contributed by atoms with van der Waals surface area (Å²) in [5.41, 5.74) is 0.332. The molecule has 0 N–H and O–H groups in total. The lowest BCUT2D eigenvalue weighted by Gasteiger charge is -2.27. The molecule has 0 aromatic rings. The van der Waals surface area contributed by atoms with Gasteiger partial charge in [-0.1, -0.05) is 27.2 Å². The van der Waals surface area contributed by atoms with Gasteiger partial charge < -0.3 is 0 Å². The summed E-state index contributed by atoms with van der Waals surface area (Å²) in [5, 5.41) is 0. The highest BCUT2D eigenvalue weighted by atomic mass is 16.1. The fraction of sp³-hybridized carbons (Fsp3) is 0.929. The van der Waals surface area contributed by atoms with Crippen LogP contribution in [-0.2, 0) is 4.79 Å². The molecule has 2 fully saturated rings. The molecule has 1 atom stereocenters. The average Bonchev–Trinajstić information content (AvgIpc) is 2.87. The van der Waals surface area contributed by atoms with Gasteiger partial charge in [-0.15, -0.1) is 0 Å². The monoisotopic (exact) mass is 208 g/mol. The zero-order valence-corrected chi connectivity index (χ0v) is 10.4. The Morgan fingerprint density at radius 1 is 1.20 bits per heavy atom. The second-order valence-electron chi connectivity index (χ2n) is 6.27. The molecule has 15 heavy (non-hydrogen) atoms.